The van der Waals surface area contributed by atoms with E-state index in [1.165, 1.54) is 19.1 Å². The monoisotopic (exact) mass is 907 g/mol. The highest BCUT2D eigenvalue weighted by molar-refractivity contribution is 7.94. The van der Waals surface area contributed by atoms with Gasteiger partial charge >= 0.3 is 5.97 Å². The summed E-state index contributed by atoms with van der Waals surface area (Å²) in [5, 5.41) is 15.5. The molecule has 16 nitrogen and oxygen atoms in total. The van der Waals surface area contributed by atoms with Gasteiger partial charge in [0.2, 0.25) is 11.6 Å². The number of Topliss-reactive ketones (excluding diaryl/α,β-unsaturated/α-hetero) is 1. The molecule has 0 aromatic heterocycles. The van der Waals surface area contributed by atoms with Crippen LogP contribution >= 0.6 is 12.0 Å². The van der Waals surface area contributed by atoms with Crippen LogP contribution < -0.4 is 10.2 Å². The van der Waals surface area contributed by atoms with Crippen LogP contribution in [0.4, 0.5) is 11.4 Å². The van der Waals surface area contributed by atoms with Gasteiger partial charge in [0, 0.05) is 71.6 Å². The van der Waals surface area contributed by atoms with E-state index >= 15 is 0 Å². The van der Waals surface area contributed by atoms with Crippen LogP contribution in [0.1, 0.15) is 104 Å². The van der Waals surface area contributed by atoms with Crippen LogP contribution in [0.2, 0.25) is 0 Å². The van der Waals surface area contributed by atoms with E-state index in [-0.39, 0.29) is 60.5 Å². The van der Waals surface area contributed by atoms with E-state index in [4.69, 9.17) is 10.1 Å². The van der Waals surface area contributed by atoms with Crippen LogP contribution in [-0.2, 0) is 59.1 Å². The zero-order valence-corrected chi connectivity index (χ0v) is 37.9. The molecule has 338 valence electrons. The van der Waals surface area contributed by atoms with E-state index in [1.54, 1.807) is 6.07 Å². The Morgan fingerprint density at radius 2 is 1.60 bits per heavy atom. The number of unbranched alkanes of at least 4 members (excludes halogenated alkanes) is 2. The van der Waals surface area contributed by atoms with Crippen molar-refractivity contribution in [2.45, 2.75) is 119 Å². The van der Waals surface area contributed by atoms with Gasteiger partial charge in [-0.15, -0.1) is 9.40 Å². The number of carbonyl (C=O) groups is 5. The molecule has 18 heteroatoms. The number of imide groups is 1. The number of allylic oxidation sites excluding steroid dienone is 8. The highest BCUT2D eigenvalue weighted by Gasteiger charge is 2.43. The summed E-state index contributed by atoms with van der Waals surface area (Å²) < 4.78 is 40.8. The molecule has 3 N–H and O–H groups in total. The van der Waals surface area contributed by atoms with Crippen molar-refractivity contribution >= 4 is 68.7 Å². The van der Waals surface area contributed by atoms with Crippen molar-refractivity contribution in [1.82, 2.24) is 10.4 Å². The maximum Gasteiger partial charge on any atom is 0.333 e. The molecule has 2 aromatic carbocycles. The maximum atomic E-state index is 12.8. The molecule has 0 radical (unpaired) electrons. The highest BCUT2D eigenvalue weighted by atomic mass is 32.2. The summed E-state index contributed by atoms with van der Waals surface area (Å²) in [4.78, 5) is 68.3. The van der Waals surface area contributed by atoms with Crippen molar-refractivity contribution < 1.29 is 61.0 Å². The van der Waals surface area contributed by atoms with E-state index in [0.717, 1.165) is 50.8 Å². The fourth-order valence-electron chi connectivity index (χ4n) is 8.10. The molecule has 3 aliphatic rings. The number of rotatable bonds is 21. The molecule has 0 bridgehead atoms. The Kier molecular flexibility index (Phi) is 16.2. The van der Waals surface area contributed by atoms with Crippen molar-refractivity contribution in [3.05, 3.63) is 95.8 Å². The van der Waals surface area contributed by atoms with Gasteiger partial charge in [0.25, 0.3) is 21.9 Å². The molecular weight excluding hydrogens is 853 g/mol. The van der Waals surface area contributed by atoms with Gasteiger partial charge in [0.05, 0.1) is 28.4 Å². The molecule has 0 saturated carbocycles. The predicted molar refractivity (Wildman–Crippen MR) is 235 cm³/mol. The number of fused-ring (bicyclic) bond motifs is 2. The molecule has 0 aliphatic carbocycles. The first kappa shape index (κ1) is 48.8. The Hall–Kier alpha value is -5.24. The first-order chi connectivity index (χ1) is 29.8. The van der Waals surface area contributed by atoms with Gasteiger partial charge in [-0.05, 0) is 88.4 Å². The fourth-order valence-corrected chi connectivity index (χ4v) is 9.00. The Morgan fingerprint density at radius 1 is 0.905 bits per heavy atom. The third-order valence-corrected chi connectivity index (χ3v) is 12.9. The summed E-state index contributed by atoms with van der Waals surface area (Å²) in [5.74, 6) is -2.49. The molecule has 5 rings (SSSR count). The minimum atomic E-state index is -4.44. The third-order valence-electron chi connectivity index (χ3n) is 11.5. The smallest absolute Gasteiger partial charge is 0.333 e. The summed E-state index contributed by atoms with van der Waals surface area (Å²) in [7, 11) is -2.42. The lowest BCUT2D eigenvalue weighted by molar-refractivity contribution is -0.432. The second-order valence-corrected chi connectivity index (χ2v) is 18.8. The second-order valence-electron chi connectivity index (χ2n) is 16.6. The lowest BCUT2D eigenvalue weighted by Crippen LogP contribution is -2.39. The number of benzene rings is 2. The van der Waals surface area contributed by atoms with Crippen LogP contribution in [0.15, 0.2) is 94.4 Å². The van der Waals surface area contributed by atoms with Crippen LogP contribution in [-0.4, -0.2) is 82.7 Å². The van der Waals surface area contributed by atoms with Crippen molar-refractivity contribution in [2.24, 2.45) is 0 Å². The summed E-state index contributed by atoms with van der Waals surface area (Å²) in [6.07, 6.45) is 16.0. The summed E-state index contributed by atoms with van der Waals surface area (Å²) in [5.41, 5.74) is 4.82. The first-order valence-electron chi connectivity index (χ1n) is 20.7. The molecule has 3 heterocycles. The minimum Gasteiger partial charge on any atom is -0.346 e. The minimum absolute atomic E-state index is 0.0115. The quantitative estimate of drug-likeness (QED) is 0.0166. The summed E-state index contributed by atoms with van der Waals surface area (Å²) >= 11 is 0.917. The lowest BCUT2D eigenvalue weighted by Gasteiger charge is -2.27. The number of hydrogen-bond donors (Lipinski definition) is 3. The number of amides is 3. The van der Waals surface area contributed by atoms with E-state index in [1.807, 2.05) is 75.6 Å². The maximum absolute atomic E-state index is 12.8. The van der Waals surface area contributed by atoms with E-state index in [0.29, 0.717) is 30.9 Å². The largest absolute Gasteiger partial charge is 0.346 e. The molecule has 3 aliphatic heterocycles. The highest BCUT2D eigenvalue weighted by Crippen LogP contribution is 2.48. The number of nitrogens with one attached hydrogen (secondary N) is 1. The van der Waals surface area contributed by atoms with Gasteiger partial charge in [-0.1, -0.05) is 55.7 Å². The van der Waals surface area contributed by atoms with Gasteiger partial charge in [0.1, 0.15) is 7.05 Å². The van der Waals surface area contributed by atoms with E-state index < -0.39 is 39.4 Å². The lowest BCUT2D eigenvalue weighted by atomic mass is 9.81. The molecule has 0 spiro atoms. The van der Waals surface area contributed by atoms with Gasteiger partial charge in [-0.2, -0.15) is 13.0 Å². The molecule has 3 amide bonds. The van der Waals surface area contributed by atoms with Gasteiger partial charge in [0.15, 0.2) is 11.5 Å². The Morgan fingerprint density at radius 3 is 2.29 bits per heavy atom. The Balaban J connectivity index is 1.17. The second kappa shape index (κ2) is 21.0. The standard InChI is InChI=1S/C45H54N4O12S2/c1-30(50)35(16-15-20-43(54)59-49-41(52)25-26-42(49)53)46-40(51)19-13-10-14-27-48-37-24-22-32(63(56,57)58)29-34(37)45(4,5)39(48)18-12-9-7-8-11-17-38-44(2,3)33-28-31(62-61-60-55)21-23-36(33)47(38)6/h7-9,11-12,17-18,21-24,28-29,35H,10,13-16,19-20,25-27H2,1-6H3,(H2-,46,51,55,56,57,58)/p+1. The molecule has 1 unspecified atom stereocenters. The number of hydrogen-bond acceptors (Lipinski definition) is 13. The number of hydroxylamine groups is 2. The summed E-state index contributed by atoms with van der Waals surface area (Å²) in [6, 6.07) is 9.69. The average molecular weight is 908 g/mol. The molecular formula is C45H55N4O12S2+. The van der Waals surface area contributed by atoms with Crippen molar-refractivity contribution in [1.29, 1.82) is 0 Å². The Labute approximate surface area is 372 Å². The zero-order valence-electron chi connectivity index (χ0n) is 36.3. The summed E-state index contributed by atoms with van der Waals surface area (Å²) in [6.45, 7) is 10.2. The molecule has 2 aromatic rings. The van der Waals surface area contributed by atoms with Crippen LogP contribution in [0.3, 0.4) is 0 Å². The Bertz CT molecular complexity index is 2370. The van der Waals surface area contributed by atoms with Crippen molar-refractivity contribution in [2.75, 3.05) is 18.5 Å². The van der Waals surface area contributed by atoms with E-state index in [2.05, 4.69) is 44.1 Å². The number of carbonyl (C=O) groups excluding carboxylic acids is 5. The zero-order chi connectivity index (χ0) is 46.1. The molecule has 1 atom stereocenters. The predicted octanol–water partition coefficient (Wildman–Crippen LogP) is 7.13. The molecule has 1 fully saturated rings. The number of ketones is 1. The van der Waals surface area contributed by atoms with Crippen LogP contribution in [0, 0.1) is 0 Å². The topological polar surface area (TPSA) is 209 Å². The molecule has 63 heavy (non-hydrogen) atoms. The van der Waals surface area contributed by atoms with Crippen LogP contribution in [0.25, 0.3) is 0 Å². The first-order valence-corrected chi connectivity index (χ1v) is 22.8. The van der Waals surface area contributed by atoms with Gasteiger partial charge in [-0.25, -0.2) is 10.1 Å². The fraction of sp³-hybridized carbons (Fsp3) is 0.422. The number of anilines is 1. The average Bonchev–Trinajstić information content (AvgIpc) is 3.72. The third kappa shape index (κ3) is 11.9. The number of nitrogens with zero attached hydrogens (tertiary/aromatic N) is 3. The molecule has 1 saturated heterocycles. The van der Waals surface area contributed by atoms with Crippen molar-refractivity contribution in [3.8, 4) is 0 Å². The normalized spacial score (nSPS) is 18.1. The van der Waals surface area contributed by atoms with E-state index in [9.17, 15) is 36.9 Å². The van der Waals surface area contributed by atoms with Gasteiger partial charge < -0.3 is 15.1 Å². The van der Waals surface area contributed by atoms with Gasteiger partial charge in [-0.3, -0.25) is 23.7 Å². The van der Waals surface area contributed by atoms with Crippen molar-refractivity contribution in [3.63, 3.8) is 0 Å². The van der Waals surface area contributed by atoms with Crippen LogP contribution in [0.5, 0.6) is 0 Å². The SMILES string of the molecule is CC(=O)C(CCCC(=O)ON1C(=O)CCC1=O)NC(=O)CCCCCN1\C(=C/C=C/C=C/C=C/C2=[N+](C)c3ccc(SOOO)cc3C2(C)C)C(C)(C)c2cc(S(=O)(=O)O)ccc21.